The number of halogens is 3. The van der Waals surface area contributed by atoms with Gasteiger partial charge in [0, 0.05) is 24.0 Å². The number of rotatable bonds is 3. The Balaban J connectivity index is 1.86. The maximum atomic E-state index is 13.1. The highest BCUT2D eigenvalue weighted by atomic mass is 79.9. The number of nitrogens with zero attached hydrogens (tertiary/aromatic N) is 3. The lowest BCUT2D eigenvalue weighted by atomic mass is 10.2. The predicted octanol–water partition coefficient (Wildman–Crippen LogP) is 1.96. The van der Waals surface area contributed by atoms with Gasteiger partial charge in [-0.25, -0.2) is 8.78 Å². The number of aliphatic imine (C=N–C) groups is 2. The summed E-state index contributed by atoms with van der Waals surface area (Å²) >= 11 is 3.37. The minimum Gasteiger partial charge on any atom is -0.369 e. The molecule has 5 nitrogen and oxygen atoms in total. The molecule has 120 valence electrons. The molecule has 0 spiro atoms. The molecule has 0 bridgehead atoms. The topological polar surface area (TPSA) is 80.0 Å². The van der Waals surface area contributed by atoms with E-state index < -0.39 is 12.5 Å². The predicted molar refractivity (Wildman–Crippen MR) is 87.1 cm³/mol. The van der Waals surface area contributed by atoms with E-state index in [0.717, 1.165) is 10.0 Å². The largest absolute Gasteiger partial charge is 0.369 e. The molecule has 8 heteroatoms. The first-order valence-electron chi connectivity index (χ1n) is 6.87. The third-order valence-electron chi connectivity index (χ3n) is 3.31. The van der Waals surface area contributed by atoms with E-state index in [2.05, 4.69) is 25.9 Å². The molecule has 2 rings (SSSR count). The van der Waals surface area contributed by atoms with Crippen molar-refractivity contribution in [1.82, 2.24) is 4.90 Å². The average molecular weight is 374 g/mol. The van der Waals surface area contributed by atoms with Crippen LogP contribution in [0.4, 0.5) is 8.78 Å². The number of hydrogen-bond donors (Lipinski definition) is 2. The van der Waals surface area contributed by atoms with Gasteiger partial charge < -0.3 is 16.4 Å². The normalized spacial score (nSPS) is 18.8. The summed E-state index contributed by atoms with van der Waals surface area (Å²) in [6.07, 6.45) is 0.495. The van der Waals surface area contributed by atoms with Crippen LogP contribution in [0.3, 0.4) is 0 Å². The number of hydrogen-bond acceptors (Lipinski definition) is 1. The molecule has 1 fully saturated rings. The zero-order chi connectivity index (χ0) is 16.2. The van der Waals surface area contributed by atoms with Crippen LogP contribution in [0.2, 0.25) is 0 Å². The lowest BCUT2D eigenvalue weighted by Crippen LogP contribution is -2.38. The quantitative estimate of drug-likeness (QED) is 0.627. The fraction of sp³-hybridized carbons (Fsp3) is 0.429. The van der Waals surface area contributed by atoms with Gasteiger partial charge in [-0.05, 0) is 24.1 Å². The van der Waals surface area contributed by atoms with Gasteiger partial charge in [0.05, 0.1) is 6.54 Å². The van der Waals surface area contributed by atoms with Crippen molar-refractivity contribution in [2.45, 2.75) is 18.8 Å². The summed E-state index contributed by atoms with van der Waals surface area (Å²) in [5, 5.41) is 0. The van der Waals surface area contributed by atoms with Crippen molar-refractivity contribution < 1.29 is 8.78 Å². The first-order chi connectivity index (χ1) is 10.4. The smallest absolute Gasteiger partial charge is 0.267 e. The van der Waals surface area contributed by atoms with Gasteiger partial charge in [0.1, 0.15) is 0 Å². The fourth-order valence-electron chi connectivity index (χ4n) is 2.11. The Hall–Kier alpha value is -1.70. The monoisotopic (exact) mass is 373 g/mol. The SMILES string of the molecule is NC(=NCCc1ccc(Br)cc1)/N=C(/N)N1CCC(F)(F)C1. The molecule has 1 heterocycles. The van der Waals surface area contributed by atoms with Crippen LogP contribution in [0.25, 0.3) is 0 Å². The zero-order valence-electron chi connectivity index (χ0n) is 12.0. The van der Waals surface area contributed by atoms with Gasteiger partial charge in [0.25, 0.3) is 5.92 Å². The molecule has 0 radical (unpaired) electrons. The summed E-state index contributed by atoms with van der Waals surface area (Å²) < 4.78 is 27.2. The summed E-state index contributed by atoms with van der Waals surface area (Å²) in [5.41, 5.74) is 12.5. The first kappa shape index (κ1) is 16.7. The number of likely N-dealkylation sites (tertiary alicyclic amines) is 1. The molecule has 1 aliphatic rings. The second-order valence-electron chi connectivity index (χ2n) is 5.11. The summed E-state index contributed by atoms with van der Waals surface area (Å²) in [4.78, 5) is 9.28. The van der Waals surface area contributed by atoms with E-state index in [4.69, 9.17) is 11.5 Å². The van der Waals surface area contributed by atoms with Gasteiger partial charge in [-0.2, -0.15) is 4.99 Å². The maximum Gasteiger partial charge on any atom is 0.267 e. The van der Waals surface area contributed by atoms with Gasteiger partial charge in [0.2, 0.25) is 5.96 Å². The van der Waals surface area contributed by atoms with Crippen LogP contribution in [-0.4, -0.2) is 42.4 Å². The van der Waals surface area contributed by atoms with Crippen molar-refractivity contribution in [1.29, 1.82) is 0 Å². The molecule has 1 aliphatic heterocycles. The third kappa shape index (κ3) is 4.94. The van der Waals surface area contributed by atoms with Crippen LogP contribution in [-0.2, 0) is 6.42 Å². The van der Waals surface area contributed by atoms with Crippen LogP contribution in [0.1, 0.15) is 12.0 Å². The van der Waals surface area contributed by atoms with E-state index in [1.165, 1.54) is 4.90 Å². The number of guanidine groups is 2. The van der Waals surface area contributed by atoms with Crippen molar-refractivity contribution in [3.8, 4) is 0 Å². The molecule has 1 saturated heterocycles. The Labute approximate surface area is 136 Å². The van der Waals surface area contributed by atoms with Crippen LogP contribution in [0.5, 0.6) is 0 Å². The van der Waals surface area contributed by atoms with E-state index in [1.54, 1.807) is 0 Å². The average Bonchev–Trinajstić information content (AvgIpc) is 2.81. The molecule has 0 saturated carbocycles. The summed E-state index contributed by atoms with van der Waals surface area (Å²) in [6.45, 7) is 0.212. The van der Waals surface area contributed by atoms with Crippen molar-refractivity contribution >= 4 is 27.8 Å². The maximum absolute atomic E-state index is 13.1. The van der Waals surface area contributed by atoms with Gasteiger partial charge in [-0.1, -0.05) is 28.1 Å². The Bertz CT molecular complexity index is 571. The number of benzene rings is 1. The number of alkyl halides is 2. The molecule has 0 unspecified atom stereocenters. The van der Waals surface area contributed by atoms with Gasteiger partial charge in [0.15, 0.2) is 5.96 Å². The molecule has 1 aromatic carbocycles. The van der Waals surface area contributed by atoms with Gasteiger partial charge in [-0.15, -0.1) is 0 Å². The standard InChI is InChI=1S/C14H18BrF2N5/c15-11-3-1-10(2-4-11)5-7-20-12(18)21-13(19)22-8-6-14(16,17)9-22/h1-4H,5-9H2,(H4,18,19,20,21). The van der Waals surface area contributed by atoms with Gasteiger partial charge in [-0.3, -0.25) is 4.99 Å². The summed E-state index contributed by atoms with van der Waals surface area (Å²) in [5.74, 6) is -2.72. The Kier molecular flexibility index (Phi) is 5.33. The zero-order valence-corrected chi connectivity index (χ0v) is 13.6. The lowest BCUT2D eigenvalue weighted by Gasteiger charge is -2.16. The van der Waals surface area contributed by atoms with E-state index in [9.17, 15) is 8.78 Å². The second-order valence-corrected chi connectivity index (χ2v) is 6.03. The summed E-state index contributed by atoms with van der Waals surface area (Å²) in [6, 6.07) is 7.87. The second kappa shape index (κ2) is 7.04. The molecular formula is C14H18BrF2N5. The summed E-state index contributed by atoms with van der Waals surface area (Å²) in [7, 11) is 0. The minimum absolute atomic E-state index is 0.00447. The molecule has 4 N–H and O–H groups in total. The van der Waals surface area contributed by atoms with Crippen molar-refractivity contribution in [2.75, 3.05) is 19.6 Å². The van der Waals surface area contributed by atoms with Crippen LogP contribution in [0.15, 0.2) is 38.7 Å². The van der Waals surface area contributed by atoms with E-state index in [0.29, 0.717) is 13.0 Å². The van der Waals surface area contributed by atoms with Crippen molar-refractivity contribution in [3.05, 3.63) is 34.3 Å². The molecular weight excluding hydrogens is 356 g/mol. The van der Waals surface area contributed by atoms with Crippen molar-refractivity contribution in [3.63, 3.8) is 0 Å². The van der Waals surface area contributed by atoms with Crippen LogP contribution >= 0.6 is 15.9 Å². The fourth-order valence-corrected chi connectivity index (χ4v) is 2.37. The first-order valence-corrected chi connectivity index (χ1v) is 7.66. The third-order valence-corrected chi connectivity index (χ3v) is 3.84. The molecule has 1 aromatic rings. The van der Waals surface area contributed by atoms with Crippen LogP contribution in [0, 0.1) is 0 Å². The van der Waals surface area contributed by atoms with E-state index >= 15 is 0 Å². The molecule has 0 amide bonds. The lowest BCUT2D eigenvalue weighted by molar-refractivity contribution is 0.0175. The molecule has 0 aromatic heterocycles. The number of nitrogens with two attached hydrogens (primary N) is 2. The van der Waals surface area contributed by atoms with E-state index in [1.807, 2.05) is 24.3 Å². The van der Waals surface area contributed by atoms with E-state index in [-0.39, 0.29) is 24.9 Å². The highest BCUT2D eigenvalue weighted by Gasteiger charge is 2.39. The minimum atomic E-state index is -2.71. The molecule has 0 atom stereocenters. The Morgan fingerprint density at radius 3 is 2.55 bits per heavy atom. The van der Waals surface area contributed by atoms with Crippen molar-refractivity contribution in [2.24, 2.45) is 21.5 Å². The highest BCUT2D eigenvalue weighted by molar-refractivity contribution is 9.10. The molecule has 22 heavy (non-hydrogen) atoms. The molecule has 0 aliphatic carbocycles. The van der Waals surface area contributed by atoms with Crippen LogP contribution < -0.4 is 11.5 Å². The Morgan fingerprint density at radius 2 is 1.95 bits per heavy atom. The Morgan fingerprint density at radius 1 is 1.27 bits per heavy atom. The highest BCUT2D eigenvalue weighted by Crippen LogP contribution is 2.26. The van der Waals surface area contributed by atoms with Gasteiger partial charge >= 0.3 is 0 Å².